The van der Waals surface area contributed by atoms with Crippen LogP contribution in [0.4, 0.5) is 13.2 Å². The number of hydrogen-bond donors (Lipinski definition) is 3. The maximum Gasteiger partial charge on any atom is 0.471 e. The highest BCUT2D eigenvalue weighted by Gasteiger charge is 2.38. The Morgan fingerprint density at radius 1 is 1.53 bits per heavy atom. The van der Waals surface area contributed by atoms with Crippen molar-refractivity contribution in [3.8, 4) is 11.8 Å². The van der Waals surface area contributed by atoms with Gasteiger partial charge in [-0.1, -0.05) is 17.0 Å². The Hall–Kier alpha value is -3.31. The topological polar surface area (TPSA) is 171 Å². The predicted octanol–water partition coefficient (Wildman–Crippen LogP) is -0.501. The molecule has 1 fully saturated rings. The van der Waals surface area contributed by atoms with Crippen LogP contribution in [0, 0.1) is 11.8 Å². The summed E-state index contributed by atoms with van der Waals surface area (Å²) < 4.78 is 48.1. The fraction of sp³-hybridized carbons (Fsp3) is 0.533. The fourth-order valence-electron chi connectivity index (χ4n) is 2.52. The Kier molecular flexibility index (Phi) is 7.61. The highest BCUT2D eigenvalue weighted by atomic mass is 19.4. The Labute approximate surface area is 165 Å². The Morgan fingerprint density at radius 2 is 2.27 bits per heavy atom. The number of carbonyl (C=O) groups excluding carboxylic acids is 1. The minimum Gasteiger partial charge on any atom is -0.394 e. The van der Waals surface area contributed by atoms with Gasteiger partial charge < -0.3 is 19.9 Å². The molecule has 0 radical (unpaired) electrons. The number of carbonyl (C=O) groups is 1. The first kappa shape index (κ1) is 23.0. The molecular weight excluding hydrogens is 417 g/mol. The van der Waals surface area contributed by atoms with Crippen LogP contribution < -0.4 is 16.6 Å². The number of rotatable bonds is 6. The van der Waals surface area contributed by atoms with Crippen molar-refractivity contribution in [1.82, 2.24) is 14.9 Å². The number of halogens is 3. The number of alkyl halides is 3. The van der Waals surface area contributed by atoms with E-state index in [-0.39, 0.29) is 18.7 Å². The molecule has 2 rings (SSSR count). The zero-order chi connectivity index (χ0) is 22.3. The van der Waals surface area contributed by atoms with E-state index in [0.717, 1.165) is 10.8 Å². The highest BCUT2D eigenvalue weighted by molar-refractivity contribution is 5.81. The van der Waals surface area contributed by atoms with Crippen LogP contribution in [0.5, 0.6) is 0 Å². The number of aliphatic hydroxyl groups is 1. The maximum absolute atomic E-state index is 12.1. The van der Waals surface area contributed by atoms with Crippen LogP contribution in [-0.4, -0.2) is 58.8 Å². The Balaban J connectivity index is 2.16. The number of nitrogens with one attached hydrogen (secondary N) is 2. The molecule has 162 valence electrons. The van der Waals surface area contributed by atoms with Crippen LogP contribution in [0.25, 0.3) is 10.4 Å². The third kappa shape index (κ3) is 5.84. The summed E-state index contributed by atoms with van der Waals surface area (Å²) in [4.78, 5) is 39.2. The van der Waals surface area contributed by atoms with Crippen LogP contribution in [0.2, 0.25) is 0 Å². The molecule has 1 amide bonds. The number of hydrogen-bond acceptors (Lipinski definition) is 7. The van der Waals surface area contributed by atoms with Crippen molar-refractivity contribution in [2.24, 2.45) is 5.11 Å². The first-order valence-corrected chi connectivity index (χ1v) is 8.25. The molecule has 0 saturated carbocycles. The van der Waals surface area contributed by atoms with E-state index in [2.05, 4.69) is 21.9 Å². The smallest absolute Gasteiger partial charge is 0.394 e. The average Bonchev–Trinajstić information content (AvgIpc) is 3.08. The number of nitrogens with zero attached hydrogens (tertiary/aromatic N) is 4. The lowest BCUT2D eigenvalue weighted by Gasteiger charge is -2.15. The van der Waals surface area contributed by atoms with E-state index in [0.29, 0.717) is 0 Å². The second kappa shape index (κ2) is 9.94. The van der Waals surface area contributed by atoms with Gasteiger partial charge in [0.1, 0.15) is 24.6 Å². The summed E-state index contributed by atoms with van der Waals surface area (Å²) in [5, 5.41) is 14.1. The molecule has 15 heteroatoms. The molecule has 1 aromatic heterocycles. The first-order valence-electron chi connectivity index (χ1n) is 8.25. The monoisotopic (exact) mass is 432 g/mol. The summed E-state index contributed by atoms with van der Waals surface area (Å²) >= 11 is 0. The zero-order valence-corrected chi connectivity index (χ0v) is 15.0. The molecule has 2 heterocycles. The fourth-order valence-corrected chi connectivity index (χ4v) is 2.52. The molecule has 30 heavy (non-hydrogen) atoms. The number of amides is 1. The third-order valence-corrected chi connectivity index (χ3v) is 3.87. The second-order valence-corrected chi connectivity index (χ2v) is 5.80. The van der Waals surface area contributed by atoms with Gasteiger partial charge in [0.05, 0.1) is 19.3 Å². The van der Waals surface area contributed by atoms with Gasteiger partial charge in [-0.25, -0.2) is 4.79 Å². The van der Waals surface area contributed by atoms with Crippen LogP contribution in [0.15, 0.2) is 20.9 Å². The largest absolute Gasteiger partial charge is 0.471 e. The van der Waals surface area contributed by atoms with Crippen LogP contribution in [0.1, 0.15) is 18.2 Å². The van der Waals surface area contributed by atoms with E-state index in [1.807, 2.05) is 4.98 Å². The van der Waals surface area contributed by atoms with E-state index in [9.17, 15) is 32.7 Å². The van der Waals surface area contributed by atoms with Gasteiger partial charge in [-0.3, -0.25) is 19.1 Å². The minimum atomic E-state index is -5.06. The van der Waals surface area contributed by atoms with Gasteiger partial charge in [0.25, 0.3) is 5.56 Å². The SMILES string of the molecule is [N-]=[N+]=NCO[C@H]1C[C@H](n2cc(C#CCNC(=O)C(F)(F)F)c(=O)[nH]c2=O)O[C@@H]1CO. The van der Waals surface area contributed by atoms with Gasteiger partial charge in [0, 0.05) is 17.5 Å². The number of azide groups is 1. The molecule has 3 N–H and O–H groups in total. The van der Waals surface area contributed by atoms with E-state index in [1.54, 1.807) is 0 Å². The molecule has 1 aromatic rings. The van der Waals surface area contributed by atoms with Crippen molar-refractivity contribution in [2.75, 3.05) is 19.9 Å². The van der Waals surface area contributed by atoms with Crippen molar-refractivity contribution >= 4 is 5.91 Å². The molecule has 12 nitrogen and oxygen atoms in total. The van der Waals surface area contributed by atoms with Crippen LogP contribution in [-0.2, 0) is 14.3 Å². The van der Waals surface area contributed by atoms with Crippen molar-refractivity contribution < 1.29 is 32.5 Å². The van der Waals surface area contributed by atoms with E-state index in [4.69, 9.17) is 15.0 Å². The van der Waals surface area contributed by atoms with Gasteiger partial charge >= 0.3 is 17.8 Å². The van der Waals surface area contributed by atoms with E-state index in [1.165, 1.54) is 5.32 Å². The molecule has 0 bridgehead atoms. The lowest BCUT2D eigenvalue weighted by Crippen LogP contribution is -2.37. The van der Waals surface area contributed by atoms with Crippen LogP contribution in [0.3, 0.4) is 0 Å². The molecule has 0 aromatic carbocycles. The number of aliphatic hydroxyl groups excluding tert-OH is 1. The quantitative estimate of drug-likeness (QED) is 0.237. The molecule has 1 aliphatic heterocycles. The number of ether oxygens (including phenoxy) is 2. The highest BCUT2D eigenvalue weighted by Crippen LogP contribution is 2.29. The normalized spacial score (nSPS) is 20.7. The zero-order valence-electron chi connectivity index (χ0n) is 15.0. The summed E-state index contributed by atoms with van der Waals surface area (Å²) in [7, 11) is 0. The summed E-state index contributed by atoms with van der Waals surface area (Å²) in [5.74, 6) is 2.26. The summed E-state index contributed by atoms with van der Waals surface area (Å²) in [6, 6.07) is 0. The summed E-state index contributed by atoms with van der Waals surface area (Å²) in [5.41, 5.74) is 6.26. The van der Waals surface area contributed by atoms with Gasteiger partial charge in [-0.05, 0) is 5.53 Å². The number of H-pyrrole nitrogens is 1. The molecule has 0 spiro atoms. The summed E-state index contributed by atoms with van der Waals surface area (Å²) in [6.45, 7) is -1.46. The molecule has 1 saturated heterocycles. The molecule has 3 atom stereocenters. The van der Waals surface area contributed by atoms with Gasteiger partial charge in [-0.15, -0.1) is 0 Å². The lowest BCUT2D eigenvalue weighted by molar-refractivity contribution is -0.173. The van der Waals surface area contributed by atoms with Gasteiger partial charge in [-0.2, -0.15) is 13.2 Å². The maximum atomic E-state index is 12.1. The second-order valence-electron chi connectivity index (χ2n) is 5.80. The lowest BCUT2D eigenvalue weighted by atomic mass is 10.2. The van der Waals surface area contributed by atoms with Gasteiger partial charge in [0.2, 0.25) is 0 Å². The molecule has 0 aliphatic carbocycles. The minimum absolute atomic E-state index is 0.0621. The van der Waals surface area contributed by atoms with Crippen LogP contribution >= 0.6 is 0 Å². The summed E-state index contributed by atoms with van der Waals surface area (Å²) in [6.07, 6.45) is -6.48. The van der Waals surface area contributed by atoms with E-state index >= 15 is 0 Å². The van der Waals surface area contributed by atoms with Crippen molar-refractivity contribution in [3.05, 3.63) is 43.0 Å². The molecular formula is C15H15F3N6O6. The van der Waals surface area contributed by atoms with Crippen molar-refractivity contribution in [2.45, 2.75) is 31.0 Å². The van der Waals surface area contributed by atoms with E-state index < -0.39 is 54.9 Å². The number of aromatic nitrogens is 2. The number of aromatic amines is 1. The first-order chi connectivity index (χ1) is 14.2. The standard InChI is InChI=1S/C15H15F3N6O6/c16-15(17,18)13(27)20-3-1-2-8-5-24(14(28)22-12(8)26)11-4-9(10(6-25)30-11)29-7-21-23-19/h5,9-11,25H,3-4,6-7H2,(H,20,27)(H,22,26,28)/t9-,10+,11+/m0/s1. The molecule has 1 aliphatic rings. The predicted molar refractivity (Wildman–Crippen MR) is 91.8 cm³/mol. The van der Waals surface area contributed by atoms with Crippen molar-refractivity contribution in [1.29, 1.82) is 0 Å². The Bertz CT molecular complexity index is 1000. The Morgan fingerprint density at radius 3 is 2.90 bits per heavy atom. The van der Waals surface area contributed by atoms with Crippen molar-refractivity contribution in [3.63, 3.8) is 0 Å². The third-order valence-electron chi connectivity index (χ3n) is 3.87. The van der Waals surface area contributed by atoms with Gasteiger partial charge in [0.15, 0.2) is 0 Å². The molecule has 0 unspecified atom stereocenters. The average molecular weight is 432 g/mol.